The van der Waals surface area contributed by atoms with Crippen molar-refractivity contribution in [1.82, 2.24) is 15.3 Å². The van der Waals surface area contributed by atoms with E-state index in [0.29, 0.717) is 36.9 Å². The standard InChI is InChI=1S/C25H31BrN4O4/c1-17(31)15-27-24(32)10-5-3-4-6-11-34-23-13-20-21(14-22(23)33-2)28-16-29-25(20)30-19-9-7-8-18(26)12-19/h7-9,12-14,16-17,31H,3-6,10-11,15H2,1-2H3,(H,27,32)(H,28,29,30). The van der Waals surface area contributed by atoms with Gasteiger partial charge in [0.2, 0.25) is 5.91 Å². The van der Waals surface area contributed by atoms with Crippen LogP contribution in [0.1, 0.15) is 39.0 Å². The molecule has 34 heavy (non-hydrogen) atoms. The van der Waals surface area contributed by atoms with Gasteiger partial charge in [0.15, 0.2) is 11.5 Å². The number of unbranched alkanes of at least 4 members (excludes halogenated alkanes) is 3. The van der Waals surface area contributed by atoms with E-state index in [1.807, 2.05) is 36.4 Å². The number of hydrogen-bond acceptors (Lipinski definition) is 7. The lowest BCUT2D eigenvalue weighted by Crippen LogP contribution is -2.30. The van der Waals surface area contributed by atoms with E-state index in [9.17, 15) is 9.90 Å². The number of aromatic nitrogens is 2. The first kappa shape index (κ1) is 25.7. The van der Waals surface area contributed by atoms with Gasteiger partial charge >= 0.3 is 0 Å². The SMILES string of the molecule is COc1cc2ncnc(Nc3cccc(Br)c3)c2cc1OCCCCCCC(=O)NCC(C)O. The maximum atomic E-state index is 11.7. The Hall–Kier alpha value is -2.91. The molecule has 3 N–H and O–H groups in total. The van der Waals surface area contributed by atoms with Crippen molar-refractivity contribution in [3.63, 3.8) is 0 Å². The van der Waals surface area contributed by atoms with Crippen LogP contribution in [0.3, 0.4) is 0 Å². The summed E-state index contributed by atoms with van der Waals surface area (Å²) in [6, 6.07) is 11.6. The first-order valence-corrected chi connectivity index (χ1v) is 12.2. The van der Waals surface area contributed by atoms with E-state index in [1.165, 1.54) is 6.33 Å². The smallest absolute Gasteiger partial charge is 0.220 e. The summed E-state index contributed by atoms with van der Waals surface area (Å²) in [5.74, 6) is 1.92. The lowest BCUT2D eigenvalue weighted by Gasteiger charge is -2.14. The molecule has 1 unspecified atom stereocenters. The molecule has 0 spiro atoms. The van der Waals surface area contributed by atoms with Crippen LogP contribution in [0.15, 0.2) is 47.2 Å². The van der Waals surface area contributed by atoms with Crippen molar-refractivity contribution < 1.29 is 19.4 Å². The molecule has 0 saturated heterocycles. The average molecular weight is 531 g/mol. The Bertz CT molecular complexity index is 1090. The van der Waals surface area contributed by atoms with Gasteiger partial charge in [0.25, 0.3) is 0 Å². The van der Waals surface area contributed by atoms with E-state index >= 15 is 0 Å². The first-order valence-electron chi connectivity index (χ1n) is 11.4. The van der Waals surface area contributed by atoms with Crippen molar-refractivity contribution >= 4 is 44.2 Å². The third-order valence-corrected chi connectivity index (χ3v) is 5.65. The van der Waals surface area contributed by atoms with Gasteiger partial charge in [-0.1, -0.05) is 34.8 Å². The van der Waals surface area contributed by atoms with E-state index in [0.717, 1.165) is 46.7 Å². The molecule has 0 aliphatic rings. The van der Waals surface area contributed by atoms with Gasteiger partial charge in [0.1, 0.15) is 12.1 Å². The van der Waals surface area contributed by atoms with Crippen LogP contribution in [0.4, 0.5) is 11.5 Å². The molecule has 8 nitrogen and oxygen atoms in total. The van der Waals surface area contributed by atoms with Crippen molar-refractivity contribution in [2.24, 2.45) is 0 Å². The Morgan fingerprint density at radius 3 is 2.71 bits per heavy atom. The van der Waals surface area contributed by atoms with E-state index in [2.05, 4.69) is 36.5 Å². The number of benzene rings is 2. The minimum absolute atomic E-state index is 0.0208. The average Bonchev–Trinajstić information content (AvgIpc) is 2.82. The van der Waals surface area contributed by atoms with Gasteiger partial charge in [-0.3, -0.25) is 4.79 Å². The van der Waals surface area contributed by atoms with Crippen LogP contribution in [-0.4, -0.2) is 47.3 Å². The predicted octanol–water partition coefficient (Wildman–Crippen LogP) is 4.97. The van der Waals surface area contributed by atoms with E-state index in [4.69, 9.17) is 9.47 Å². The van der Waals surface area contributed by atoms with Crippen LogP contribution < -0.4 is 20.1 Å². The third kappa shape index (κ3) is 7.85. The van der Waals surface area contributed by atoms with Gasteiger partial charge in [-0.05, 0) is 44.0 Å². The molecule has 3 rings (SSSR count). The highest BCUT2D eigenvalue weighted by Crippen LogP contribution is 2.35. The van der Waals surface area contributed by atoms with Gasteiger partial charge in [0.05, 0.1) is 25.3 Å². The Labute approximate surface area is 208 Å². The van der Waals surface area contributed by atoms with Gasteiger partial charge < -0.3 is 25.2 Å². The summed E-state index contributed by atoms with van der Waals surface area (Å²) in [5.41, 5.74) is 1.66. The third-order valence-electron chi connectivity index (χ3n) is 5.16. The maximum absolute atomic E-state index is 11.7. The number of aliphatic hydroxyl groups is 1. The molecule has 0 bridgehead atoms. The Morgan fingerprint density at radius 2 is 1.94 bits per heavy atom. The molecule has 0 aliphatic heterocycles. The number of nitrogens with one attached hydrogen (secondary N) is 2. The molecule has 2 aromatic carbocycles. The van der Waals surface area contributed by atoms with Gasteiger partial charge in [-0.2, -0.15) is 0 Å². The van der Waals surface area contributed by atoms with Crippen LogP contribution >= 0.6 is 15.9 Å². The molecule has 3 aromatic rings. The second kappa shape index (κ2) is 13.1. The highest BCUT2D eigenvalue weighted by atomic mass is 79.9. The number of ether oxygens (including phenoxy) is 2. The minimum atomic E-state index is -0.521. The number of aliphatic hydroxyl groups excluding tert-OH is 1. The molecule has 0 fully saturated rings. The molecule has 1 aromatic heterocycles. The van der Waals surface area contributed by atoms with E-state index in [-0.39, 0.29) is 5.91 Å². The molecule has 0 aliphatic carbocycles. The van der Waals surface area contributed by atoms with Crippen LogP contribution in [0.2, 0.25) is 0 Å². The van der Waals surface area contributed by atoms with Gasteiger partial charge in [-0.15, -0.1) is 0 Å². The van der Waals surface area contributed by atoms with Crippen molar-refractivity contribution in [2.75, 3.05) is 25.6 Å². The number of anilines is 2. The molecule has 1 atom stereocenters. The molecule has 0 radical (unpaired) electrons. The number of carbonyl (C=O) groups is 1. The molecule has 182 valence electrons. The zero-order valence-corrected chi connectivity index (χ0v) is 21.1. The molecule has 1 heterocycles. The summed E-state index contributed by atoms with van der Waals surface area (Å²) in [7, 11) is 1.61. The van der Waals surface area contributed by atoms with Crippen molar-refractivity contribution in [2.45, 2.75) is 45.1 Å². The highest BCUT2D eigenvalue weighted by molar-refractivity contribution is 9.10. The summed E-state index contributed by atoms with van der Waals surface area (Å²) < 4.78 is 12.5. The number of amides is 1. The van der Waals surface area contributed by atoms with Crippen LogP contribution in [-0.2, 0) is 4.79 Å². The van der Waals surface area contributed by atoms with E-state index in [1.54, 1.807) is 14.0 Å². The summed E-state index contributed by atoms with van der Waals surface area (Å²) >= 11 is 3.49. The molecule has 9 heteroatoms. The monoisotopic (exact) mass is 530 g/mol. The summed E-state index contributed by atoms with van der Waals surface area (Å²) in [5, 5.41) is 16.1. The fraction of sp³-hybridized carbons (Fsp3) is 0.400. The lowest BCUT2D eigenvalue weighted by atomic mass is 10.1. The number of halogens is 1. The molecule has 1 amide bonds. The van der Waals surface area contributed by atoms with Crippen LogP contribution in [0.25, 0.3) is 10.9 Å². The fourth-order valence-corrected chi connectivity index (χ4v) is 3.81. The highest BCUT2D eigenvalue weighted by Gasteiger charge is 2.12. The van der Waals surface area contributed by atoms with Gasteiger partial charge in [-0.25, -0.2) is 9.97 Å². The van der Waals surface area contributed by atoms with Gasteiger partial charge in [0, 0.05) is 34.6 Å². The summed E-state index contributed by atoms with van der Waals surface area (Å²) in [6.07, 6.45) is 5.05. The van der Waals surface area contributed by atoms with Crippen LogP contribution in [0.5, 0.6) is 11.5 Å². The number of fused-ring (bicyclic) bond motifs is 1. The number of hydrogen-bond donors (Lipinski definition) is 3. The summed E-state index contributed by atoms with van der Waals surface area (Å²) in [6.45, 7) is 2.49. The van der Waals surface area contributed by atoms with Crippen molar-refractivity contribution in [3.8, 4) is 11.5 Å². The fourth-order valence-electron chi connectivity index (χ4n) is 3.41. The minimum Gasteiger partial charge on any atom is -0.493 e. The number of methoxy groups -OCH3 is 1. The topological polar surface area (TPSA) is 106 Å². The molecular weight excluding hydrogens is 500 g/mol. The molecular formula is C25H31BrN4O4. The normalized spacial score (nSPS) is 11.8. The largest absolute Gasteiger partial charge is 0.493 e. The molecule has 0 saturated carbocycles. The lowest BCUT2D eigenvalue weighted by molar-refractivity contribution is -0.121. The Balaban J connectivity index is 1.55. The zero-order chi connectivity index (χ0) is 24.3. The first-order chi connectivity index (χ1) is 16.5. The number of rotatable bonds is 13. The zero-order valence-electron chi connectivity index (χ0n) is 19.5. The maximum Gasteiger partial charge on any atom is 0.220 e. The number of carbonyl (C=O) groups excluding carboxylic acids is 1. The summed E-state index contributed by atoms with van der Waals surface area (Å²) in [4.78, 5) is 20.5. The second-order valence-corrected chi connectivity index (χ2v) is 8.96. The van der Waals surface area contributed by atoms with E-state index < -0.39 is 6.10 Å². The Kier molecular flexibility index (Phi) is 9.90. The predicted molar refractivity (Wildman–Crippen MR) is 137 cm³/mol. The second-order valence-electron chi connectivity index (χ2n) is 8.04. The van der Waals surface area contributed by atoms with Crippen molar-refractivity contribution in [1.29, 1.82) is 0 Å². The quantitative estimate of drug-likeness (QED) is 0.268. The van der Waals surface area contributed by atoms with Crippen LogP contribution in [0, 0.1) is 0 Å². The van der Waals surface area contributed by atoms with Crippen molar-refractivity contribution in [3.05, 3.63) is 47.2 Å². The Morgan fingerprint density at radius 1 is 1.12 bits per heavy atom. The number of nitrogens with zero attached hydrogens (tertiary/aromatic N) is 2.